The van der Waals surface area contributed by atoms with Crippen LogP contribution < -0.4 is 5.32 Å². The van der Waals surface area contributed by atoms with Crippen LogP contribution in [0.1, 0.15) is 45.0 Å². The minimum Gasteiger partial charge on any atom is -0.333 e. The monoisotopic (exact) mass is 415 g/mol. The first-order chi connectivity index (χ1) is 15.2. The summed E-state index contributed by atoms with van der Waals surface area (Å²) in [4.78, 5) is 19.8. The first-order valence-electron chi connectivity index (χ1n) is 11.2. The zero-order valence-corrected chi connectivity index (χ0v) is 18.1. The van der Waals surface area contributed by atoms with Gasteiger partial charge in [0, 0.05) is 62.3 Å². The number of carbonyl (C=O) groups excluding carboxylic acids is 1. The molecule has 160 valence electrons. The number of hydrogen-bond donors (Lipinski definition) is 1. The number of benzene rings is 1. The first-order valence-corrected chi connectivity index (χ1v) is 11.2. The molecule has 0 radical (unpaired) electrons. The topological polar surface area (TPSA) is 63.1 Å². The fourth-order valence-corrected chi connectivity index (χ4v) is 4.90. The van der Waals surface area contributed by atoms with Crippen molar-refractivity contribution >= 4 is 5.91 Å². The Morgan fingerprint density at radius 3 is 2.81 bits per heavy atom. The minimum atomic E-state index is 0.0699. The van der Waals surface area contributed by atoms with Gasteiger partial charge in [-0.25, -0.2) is 0 Å². The van der Waals surface area contributed by atoms with Gasteiger partial charge in [-0.3, -0.25) is 14.5 Å². The van der Waals surface area contributed by atoms with Crippen LogP contribution in [0, 0.1) is 0 Å². The van der Waals surface area contributed by atoms with Gasteiger partial charge in [0.05, 0.1) is 0 Å². The lowest BCUT2D eigenvalue weighted by Crippen LogP contribution is -2.38. The number of hydrogen-bond acceptors (Lipinski definition) is 4. The molecule has 2 aliphatic rings. The second-order valence-electron chi connectivity index (χ2n) is 8.61. The van der Waals surface area contributed by atoms with Crippen molar-refractivity contribution in [1.29, 1.82) is 0 Å². The number of aryl methyl sites for hydroxylation is 1. The Kier molecular flexibility index (Phi) is 5.55. The molecule has 5 rings (SSSR count). The Bertz CT molecular complexity index is 1070. The standard InChI is InChI=1S/C25H29N5O/c1-29-23-10-9-21(27-14-11-20-8-4-5-13-26-20)16-22(23)24(28-29)25(31)30-15-12-18-6-2-3-7-19(18)17-30/h2-8,13,21,27H,9-12,14-17H2,1H3/t21-/m0/s1. The highest BCUT2D eigenvalue weighted by molar-refractivity contribution is 5.94. The van der Waals surface area contributed by atoms with Crippen molar-refractivity contribution in [3.8, 4) is 0 Å². The van der Waals surface area contributed by atoms with Crippen LogP contribution in [-0.4, -0.2) is 44.7 Å². The molecule has 0 spiro atoms. The van der Waals surface area contributed by atoms with Crippen molar-refractivity contribution in [3.05, 3.63) is 82.4 Å². The van der Waals surface area contributed by atoms with E-state index >= 15 is 0 Å². The third-order valence-electron chi connectivity index (χ3n) is 6.62. The van der Waals surface area contributed by atoms with E-state index in [2.05, 4.69) is 45.7 Å². The maximum atomic E-state index is 13.4. The highest BCUT2D eigenvalue weighted by Gasteiger charge is 2.31. The molecular formula is C25H29N5O. The smallest absolute Gasteiger partial charge is 0.274 e. The lowest BCUT2D eigenvalue weighted by atomic mass is 9.90. The zero-order valence-electron chi connectivity index (χ0n) is 18.1. The van der Waals surface area contributed by atoms with Crippen LogP contribution in [-0.2, 0) is 39.3 Å². The highest BCUT2D eigenvalue weighted by Crippen LogP contribution is 2.27. The van der Waals surface area contributed by atoms with Crippen LogP contribution in [0.3, 0.4) is 0 Å². The van der Waals surface area contributed by atoms with Crippen LogP contribution >= 0.6 is 0 Å². The molecule has 0 bridgehead atoms. The van der Waals surface area contributed by atoms with Gasteiger partial charge < -0.3 is 10.2 Å². The van der Waals surface area contributed by atoms with Crippen molar-refractivity contribution in [2.24, 2.45) is 7.05 Å². The number of nitrogens with zero attached hydrogens (tertiary/aromatic N) is 4. The molecule has 0 saturated carbocycles. The zero-order chi connectivity index (χ0) is 21.2. The summed E-state index contributed by atoms with van der Waals surface area (Å²) in [5.41, 5.74) is 6.70. The van der Waals surface area contributed by atoms with Crippen LogP contribution in [0.25, 0.3) is 0 Å². The molecule has 1 atom stereocenters. The van der Waals surface area contributed by atoms with E-state index in [-0.39, 0.29) is 5.91 Å². The van der Waals surface area contributed by atoms with Gasteiger partial charge in [-0.1, -0.05) is 30.3 Å². The van der Waals surface area contributed by atoms with Gasteiger partial charge in [0.15, 0.2) is 5.69 Å². The lowest BCUT2D eigenvalue weighted by Gasteiger charge is -2.29. The maximum absolute atomic E-state index is 13.4. The van der Waals surface area contributed by atoms with Crippen LogP contribution in [0.15, 0.2) is 48.7 Å². The number of fused-ring (bicyclic) bond motifs is 2. The van der Waals surface area contributed by atoms with Crippen LogP contribution in [0.2, 0.25) is 0 Å². The summed E-state index contributed by atoms with van der Waals surface area (Å²) in [6.45, 7) is 2.32. The van der Waals surface area contributed by atoms with Crippen molar-refractivity contribution in [1.82, 2.24) is 25.0 Å². The summed E-state index contributed by atoms with van der Waals surface area (Å²) in [5, 5.41) is 8.35. The van der Waals surface area contributed by atoms with Crippen LogP contribution in [0.4, 0.5) is 0 Å². The molecule has 31 heavy (non-hydrogen) atoms. The van der Waals surface area contributed by atoms with E-state index in [1.165, 1.54) is 16.8 Å². The van der Waals surface area contributed by atoms with Gasteiger partial charge in [-0.05, 0) is 48.9 Å². The molecule has 0 saturated heterocycles. The molecule has 6 heteroatoms. The van der Waals surface area contributed by atoms with Crippen LogP contribution in [0.5, 0.6) is 0 Å². The lowest BCUT2D eigenvalue weighted by molar-refractivity contribution is 0.0726. The number of nitrogens with one attached hydrogen (secondary N) is 1. The summed E-state index contributed by atoms with van der Waals surface area (Å²) in [5.74, 6) is 0.0699. The molecule has 3 heterocycles. The highest BCUT2D eigenvalue weighted by atomic mass is 16.2. The van der Waals surface area contributed by atoms with E-state index in [4.69, 9.17) is 0 Å². The van der Waals surface area contributed by atoms with Gasteiger partial charge >= 0.3 is 0 Å². The van der Waals surface area contributed by atoms with E-state index in [1.807, 2.05) is 35.0 Å². The predicted molar refractivity (Wildman–Crippen MR) is 120 cm³/mol. The normalized spacial score (nSPS) is 17.8. The fourth-order valence-electron chi connectivity index (χ4n) is 4.90. The maximum Gasteiger partial charge on any atom is 0.274 e. The van der Waals surface area contributed by atoms with E-state index in [9.17, 15) is 4.79 Å². The van der Waals surface area contributed by atoms with Gasteiger partial charge in [0.2, 0.25) is 0 Å². The number of pyridine rings is 1. The van der Waals surface area contributed by atoms with Crippen molar-refractivity contribution < 1.29 is 4.79 Å². The predicted octanol–water partition coefficient (Wildman–Crippen LogP) is 2.70. The Hall–Kier alpha value is -2.99. The number of carbonyl (C=O) groups is 1. The average Bonchev–Trinajstić information content (AvgIpc) is 3.15. The second-order valence-corrected chi connectivity index (χ2v) is 8.61. The van der Waals surface area contributed by atoms with E-state index in [0.717, 1.165) is 56.5 Å². The Morgan fingerprint density at radius 1 is 1.13 bits per heavy atom. The Balaban J connectivity index is 1.27. The fraction of sp³-hybridized carbons (Fsp3) is 0.400. The summed E-state index contributed by atoms with van der Waals surface area (Å²) in [6, 6.07) is 14.8. The third-order valence-corrected chi connectivity index (χ3v) is 6.62. The Labute approximate surface area is 183 Å². The summed E-state index contributed by atoms with van der Waals surface area (Å²) < 4.78 is 1.92. The summed E-state index contributed by atoms with van der Waals surface area (Å²) >= 11 is 0. The molecular weight excluding hydrogens is 386 g/mol. The second kappa shape index (κ2) is 8.63. The Morgan fingerprint density at radius 2 is 1.97 bits per heavy atom. The van der Waals surface area contributed by atoms with Gasteiger partial charge in [0.25, 0.3) is 5.91 Å². The summed E-state index contributed by atoms with van der Waals surface area (Å²) in [6.07, 6.45) is 6.55. The molecule has 1 aromatic carbocycles. The molecule has 1 amide bonds. The van der Waals surface area contributed by atoms with E-state index in [1.54, 1.807) is 0 Å². The first kappa shape index (κ1) is 19.9. The number of aromatic nitrogens is 3. The molecule has 1 aliphatic carbocycles. The number of amides is 1. The SMILES string of the molecule is Cn1nc(C(=O)N2CCc3ccccc3C2)c2c1CC[C@H](NCCc1ccccn1)C2. The quantitative estimate of drug-likeness (QED) is 0.696. The van der Waals surface area contributed by atoms with Gasteiger partial charge in [-0.15, -0.1) is 0 Å². The summed E-state index contributed by atoms with van der Waals surface area (Å²) in [7, 11) is 1.97. The molecule has 0 fully saturated rings. The van der Waals surface area contributed by atoms with Gasteiger partial charge in [-0.2, -0.15) is 5.10 Å². The largest absolute Gasteiger partial charge is 0.333 e. The molecule has 1 N–H and O–H groups in total. The van der Waals surface area contributed by atoms with E-state index in [0.29, 0.717) is 18.3 Å². The van der Waals surface area contributed by atoms with Crippen molar-refractivity contribution in [3.63, 3.8) is 0 Å². The minimum absolute atomic E-state index is 0.0699. The number of rotatable bonds is 5. The van der Waals surface area contributed by atoms with Gasteiger partial charge in [0.1, 0.15) is 0 Å². The molecule has 3 aromatic rings. The molecule has 2 aromatic heterocycles. The van der Waals surface area contributed by atoms with Crippen molar-refractivity contribution in [2.45, 2.75) is 44.7 Å². The third kappa shape index (κ3) is 4.12. The van der Waals surface area contributed by atoms with Crippen molar-refractivity contribution in [2.75, 3.05) is 13.1 Å². The molecule has 1 aliphatic heterocycles. The van der Waals surface area contributed by atoms with E-state index < -0.39 is 0 Å². The molecule has 0 unspecified atom stereocenters. The molecule has 6 nitrogen and oxygen atoms in total. The average molecular weight is 416 g/mol.